The Morgan fingerprint density at radius 1 is 1.00 bits per heavy atom. The van der Waals surface area contributed by atoms with Gasteiger partial charge in [0.15, 0.2) is 0 Å². The maximum absolute atomic E-state index is 12.0. The molecule has 0 spiro atoms. The van der Waals surface area contributed by atoms with Gasteiger partial charge in [0.05, 0.1) is 25.2 Å². The first-order valence-electron chi connectivity index (χ1n) is 8.15. The van der Waals surface area contributed by atoms with Crippen LogP contribution < -0.4 is 14.2 Å². The lowest BCUT2D eigenvalue weighted by atomic mass is 9.97. The minimum Gasteiger partial charge on any atom is -0.496 e. The molecule has 5 nitrogen and oxygen atoms in total. The van der Waals surface area contributed by atoms with Gasteiger partial charge in [-0.25, -0.2) is 0 Å². The fourth-order valence-electron chi connectivity index (χ4n) is 1.91. The van der Waals surface area contributed by atoms with Crippen molar-refractivity contribution < 1.29 is 23.7 Å². The van der Waals surface area contributed by atoms with Gasteiger partial charge in [0.1, 0.15) is 29.5 Å². The van der Waals surface area contributed by atoms with E-state index in [0.717, 1.165) is 6.42 Å². The molecule has 0 N–H and O–H groups in total. The molecule has 0 amide bonds. The van der Waals surface area contributed by atoms with Gasteiger partial charge in [-0.1, -0.05) is 6.92 Å². The Balaban J connectivity index is 3.10. The van der Waals surface area contributed by atoms with Crippen LogP contribution in [-0.2, 0) is 16.1 Å². The predicted molar refractivity (Wildman–Crippen MR) is 93.8 cm³/mol. The van der Waals surface area contributed by atoms with Gasteiger partial charge in [-0.3, -0.25) is 4.79 Å². The summed E-state index contributed by atoms with van der Waals surface area (Å²) in [6, 6.07) is 3.58. The molecule has 5 heteroatoms. The number of ether oxygens (including phenoxy) is 4. The van der Waals surface area contributed by atoms with E-state index in [2.05, 4.69) is 6.92 Å². The maximum atomic E-state index is 12.0. The van der Waals surface area contributed by atoms with E-state index in [1.165, 1.54) is 0 Å². The topological polar surface area (TPSA) is 54.0 Å². The average molecular weight is 338 g/mol. The van der Waals surface area contributed by atoms with Gasteiger partial charge < -0.3 is 18.9 Å². The summed E-state index contributed by atoms with van der Waals surface area (Å²) >= 11 is 0. The smallest absolute Gasteiger partial charge is 0.311 e. The summed E-state index contributed by atoms with van der Waals surface area (Å²) in [6.45, 7) is 11.6. The molecule has 1 aromatic rings. The minimum absolute atomic E-state index is 0.0832. The van der Waals surface area contributed by atoms with E-state index in [4.69, 9.17) is 18.9 Å². The largest absolute Gasteiger partial charge is 0.496 e. The summed E-state index contributed by atoms with van der Waals surface area (Å²) in [5, 5.41) is 0. The molecule has 136 valence electrons. The van der Waals surface area contributed by atoms with Crippen molar-refractivity contribution in [2.24, 2.45) is 5.41 Å². The molecule has 0 unspecified atom stereocenters. The molecule has 0 atom stereocenters. The van der Waals surface area contributed by atoms with Gasteiger partial charge in [-0.2, -0.15) is 0 Å². The second-order valence-corrected chi connectivity index (χ2v) is 7.35. The van der Waals surface area contributed by atoms with Gasteiger partial charge in [0, 0.05) is 12.1 Å². The Bertz CT molecular complexity index is 545. The van der Waals surface area contributed by atoms with E-state index >= 15 is 0 Å². The quantitative estimate of drug-likeness (QED) is 0.691. The van der Waals surface area contributed by atoms with Crippen molar-refractivity contribution in [2.45, 2.75) is 60.2 Å². The molecule has 1 aromatic carbocycles. The van der Waals surface area contributed by atoms with Crippen LogP contribution >= 0.6 is 0 Å². The summed E-state index contributed by atoms with van der Waals surface area (Å²) < 4.78 is 22.3. The molecule has 0 aromatic heterocycles. The molecule has 0 aliphatic rings. The highest BCUT2D eigenvalue weighted by atomic mass is 16.5. The van der Waals surface area contributed by atoms with E-state index in [1.54, 1.807) is 26.4 Å². The number of esters is 1. The van der Waals surface area contributed by atoms with Crippen molar-refractivity contribution in [1.29, 1.82) is 0 Å². The first-order chi connectivity index (χ1) is 11.0. The van der Waals surface area contributed by atoms with Gasteiger partial charge in [-0.15, -0.1) is 0 Å². The summed E-state index contributed by atoms with van der Waals surface area (Å²) in [4.78, 5) is 12.0. The van der Waals surface area contributed by atoms with Crippen LogP contribution in [0.5, 0.6) is 17.2 Å². The molecule has 1 rings (SSSR count). The van der Waals surface area contributed by atoms with Crippen molar-refractivity contribution in [2.75, 3.05) is 14.2 Å². The fourth-order valence-corrected chi connectivity index (χ4v) is 1.91. The van der Waals surface area contributed by atoms with Gasteiger partial charge in [-0.05, 0) is 41.0 Å². The summed E-state index contributed by atoms with van der Waals surface area (Å²) in [5.74, 6) is 1.51. The first-order valence-corrected chi connectivity index (χ1v) is 8.15. The second-order valence-electron chi connectivity index (χ2n) is 7.35. The first kappa shape index (κ1) is 20.1. The van der Waals surface area contributed by atoms with E-state index in [9.17, 15) is 4.79 Å². The van der Waals surface area contributed by atoms with Crippen LogP contribution in [0.1, 0.15) is 53.5 Å². The highest BCUT2D eigenvalue weighted by molar-refractivity contribution is 5.75. The number of carbonyl (C=O) groups excluding carboxylic acids is 1. The predicted octanol–water partition coefficient (Wildman–Crippen LogP) is 4.36. The number of benzene rings is 1. The Morgan fingerprint density at radius 3 is 1.88 bits per heavy atom. The number of hydrogen-bond donors (Lipinski definition) is 0. The molecule has 24 heavy (non-hydrogen) atoms. The van der Waals surface area contributed by atoms with Crippen molar-refractivity contribution in [3.8, 4) is 17.2 Å². The van der Waals surface area contributed by atoms with E-state index < -0.39 is 5.41 Å². The zero-order valence-corrected chi connectivity index (χ0v) is 16.1. The van der Waals surface area contributed by atoms with Crippen LogP contribution in [0.4, 0.5) is 0 Å². The molecule has 0 bridgehead atoms. The number of hydrogen-bond acceptors (Lipinski definition) is 5. The number of methoxy groups -OCH3 is 2. The molecule has 0 radical (unpaired) electrons. The molecule has 0 saturated carbocycles. The zero-order chi connectivity index (χ0) is 18.5. The summed E-state index contributed by atoms with van der Waals surface area (Å²) in [6.07, 6.45) is 0.864. The molecule has 0 aliphatic heterocycles. The molecular formula is C19H30O5. The average Bonchev–Trinajstić information content (AvgIpc) is 2.50. The Morgan fingerprint density at radius 2 is 1.50 bits per heavy atom. The van der Waals surface area contributed by atoms with Crippen molar-refractivity contribution in [3.63, 3.8) is 0 Å². The third kappa shape index (κ3) is 5.32. The second kappa shape index (κ2) is 7.77. The summed E-state index contributed by atoms with van der Waals surface area (Å²) in [7, 11) is 3.14. The molecule has 0 saturated heterocycles. The Kier molecular flexibility index (Phi) is 6.52. The van der Waals surface area contributed by atoms with Gasteiger partial charge in [0.25, 0.3) is 0 Å². The molecule has 0 aliphatic carbocycles. The molecule has 0 fully saturated rings. The minimum atomic E-state index is -0.561. The van der Waals surface area contributed by atoms with Crippen LogP contribution in [0.3, 0.4) is 0 Å². The van der Waals surface area contributed by atoms with Crippen LogP contribution in [-0.4, -0.2) is 25.8 Å². The zero-order valence-electron chi connectivity index (χ0n) is 16.1. The maximum Gasteiger partial charge on any atom is 0.311 e. The Hall–Kier alpha value is -1.91. The van der Waals surface area contributed by atoms with E-state index in [0.29, 0.717) is 22.8 Å². The lowest BCUT2D eigenvalue weighted by molar-refractivity contribution is -0.154. The number of carbonyl (C=O) groups is 1. The summed E-state index contributed by atoms with van der Waals surface area (Å²) in [5.41, 5.74) is -0.176. The molecular weight excluding hydrogens is 308 g/mol. The number of rotatable bonds is 7. The third-order valence-corrected chi connectivity index (χ3v) is 3.79. The fraction of sp³-hybridized carbons (Fsp3) is 0.632. The monoisotopic (exact) mass is 338 g/mol. The van der Waals surface area contributed by atoms with Crippen molar-refractivity contribution >= 4 is 5.97 Å². The van der Waals surface area contributed by atoms with Gasteiger partial charge in [0.2, 0.25) is 0 Å². The third-order valence-electron chi connectivity index (χ3n) is 3.79. The van der Waals surface area contributed by atoms with E-state index in [-0.39, 0.29) is 18.2 Å². The van der Waals surface area contributed by atoms with E-state index in [1.807, 2.05) is 34.6 Å². The normalized spacial score (nSPS) is 11.8. The lowest BCUT2D eigenvalue weighted by Gasteiger charge is -2.26. The highest BCUT2D eigenvalue weighted by Crippen LogP contribution is 2.36. The van der Waals surface area contributed by atoms with Crippen LogP contribution in [0.25, 0.3) is 0 Å². The van der Waals surface area contributed by atoms with Crippen molar-refractivity contribution in [3.05, 3.63) is 17.7 Å². The standard InChI is InChI=1S/C19H30O5/c1-9-19(5,6)24-13-10-15(21-7)14(16(11-13)22-8)12-23-17(20)18(2,3)4/h10-11H,9,12H2,1-8H3. The Labute approximate surface area is 145 Å². The van der Waals surface area contributed by atoms with Crippen LogP contribution in [0.15, 0.2) is 12.1 Å². The van der Waals surface area contributed by atoms with Crippen LogP contribution in [0.2, 0.25) is 0 Å². The highest BCUT2D eigenvalue weighted by Gasteiger charge is 2.25. The van der Waals surface area contributed by atoms with Gasteiger partial charge >= 0.3 is 5.97 Å². The SMILES string of the molecule is CCC(C)(C)Oc1cc(OC)c(COC(=O)C(C)(C)C)c(OC)c1. The molecule has 0 heterocycles. The lowest BCUT2D eigenvalue weighted by Crippen LogP contribution is -2.26. The van der Waals surface area contributed by atoms with Crippen molar-refractivity contribution in [1.82, 2.24) is 0 Å². The van der Waals surface area contributed by atoms with Crippen LogP contribution in [0, 0.1) is 5.41 Å².